The lowest BCUT2D eigenvalue weighted by atomic mass is 9.93. The molecule has 6 nitrogen and oxygen atoms in total. The second-order valence-electron chi connectivity index (χ2n) is 13.5. The zero-order valence-electron chi connectivity index (χ0n) is 30.1. The molecule has 0 unspecified atom stereocenters. The number of nitrogens with one attached hydrogen (secondary N) is 2. The fraction of sp³-hybridized carbons (Fsp3) is 0.200. The average molecular weight is 744 g/mol. The van der Waals surface area contributed by atoms with Gasteiger partial charge in [0.2, 0.25) is 0 Å². The maximum Gasteiger partial charge on any atom is 0.256 e. The van der Waals surface area contributed by atoms with Crippen LogP contribution in [0.1, 0.15) is 70.5 Å². The number of rotatable bonds is 6. The van der Waals surface area contributed by atoms with Gasteiger partial charge in [0.05, 0.1) is 14.2 Å². The fourth-order valence-electron chi connectivity index (χ4n) is 7.55. The van der Waals surface area contributed by atoms with E-state index in [4.69, 9.17) is 32.7 Å². The van der Waals surface area contributed by atoms with E-state index in [2.05, 4.69) is 16.7 Å². The molecule has 0 bridgehead atoms. The quantitative estimate of drug-likeness (QED) is 0.170. The molecule has 53 heavy (non-hydrogen) atoms. The summed E-state index contributed by atoms with van der Waals surface area (Å²) in [5, 5.41) is 7.17. The number of hydrogen-bond acceptors (Lipinski definition) is 4. The minimum absolute atomic E-state index is 0.0800. The Morgan fingerprint density at radius 2 is 1.15 bits per heavy atom. The molecule has 1 fully saturated rings. The number of fused-ring (bicyclic) bond motifs is 2. The number of benzene rings is 5. The topological polar surface area (TPSA) is 76.7 Å². The Balaban J connectivity index is 0.000000164. The van der Waals surface area contributed by atoms with E-state index >= 15 is 0 Å². The van der Waals surface area contributed by atoms with Crippen molar-refractivity contribution in [2.45, 2.75) is 45.4 Å². The molecule has 2 amide bonds. The molecule has 0 radical (unpaired) electrons. The lowest BCUT2D eigenvalue weighted by Gasteiger charge is -2.15. The van der Waals surface area contributed by atoms with Crippen molar-refractivity contribution in [1.29, 1.82) is 0 Å². The van der Waals surface area contributed by atoms with Crippen LogP contribution in [0.25, 0.3) is 34.4 Å². The summed E-state index contributed by atoms with van der Waals surface area (Å²) < 4.78 is 11.1. The first-order valence-electron chi connectivity index (χ1n) is 17.7. The highest BCUT2D eigenvalue weighted by atomic mass is 35.5. The van der Waals surface area contributed by atoms with Gasteiger partial charge in [-0.2, -0.15) is 0 Å². The van der Waals surface area contributed by atoms with Gasteiger partial charge in [-0.25, -0.2) is 0 Å². The van der Waals surface area contributed by atoms with Crippen molar-refractivity contribution in [2.75, 3.05) is 24.9 Å². The summed E-state index contributed by atoms with van der Waals surface area (Å²) in [5.41, 5.74) is 11.7. The molecule has 1 aliphatic carbocycles. The minimum Gasteiger partial charge on any atom is -0.496 e. The average Bonchev–Trinajstić information content (AvgIpc) is 3.90. The van der Waals surface area contributed by atoms with Crippen molar-refractivity contribution in [3.63, 3.8) is 0 Å². The van der Waals surface area contributed by atoms with Gasteiger partial charge < -0.3 is 20.1 Å². The van der Waals surface area contributed by atoms with Gasteiger partial charge in [0.25, 0.3) is 11.8 Å². The predicted octanol–water partition coefficient (Wildman–Crippen LogP) is 11.6. The van der Waals surface area contributed by atoms with Crippen LogP contribution in [-0.4, -0.2) is 26.0 Å². The Morgan fingerprint density at radius 3 is 1.68 bits per heavy atom. The molecular weight excluding hydrogens is 703 g/mol. The summed E-state index contributed by atoms with van der Waals surface area (Å²) in [7, 11) is 3.38. The van der Waals surface area contributed by atoms with Gasteiger partial charge >= 0.3 is 0 Å². The molecule has 2 aliphatic heterocycles. The Hall–Kier alpha value is -5.30. The van der Waals surface area contributed by atoms with E-state index in [1.165, 1.54) is 31.2 Å². The summed E-state index contributed by atoms with van der Waals surface area (Å²) in [6.45, 7) is 3.88. The minimum atomic E-state index is -0.118. The van der Waals surface area contributed by atoms with Gasteiger partial charge in [-0.3, -0.25) is 9.59 Å². The van der Waals surface area contributed by atoms with E-state index in [0.717, 1.165) is 67.4 Å². The summed E-state index contributed by atoms with van der Waals surface area (Å²) in [5.74, 6) is 2.08. The first-order valence-corrected chi connectivity index (χ1v) is 18.5. The van der Waals surface area contributed by atoms with Gasteiger partial charge in [0, 0.05) is 49.3 Å². The van der Waals surface area contributed by atoms with Gasteiger partial charge in [-0.15, -0.1) is 0 Å². The third-order valence-corrected chi connectivity index (χ3v) is 11.1. The van der Waals surface area contributed by atoms with Crippen molar-refractivity contribution in [3.8, 4) is 22.6 Å². The van der Waals surface area contributed by atoms with Gasteiger partial charge in [-0.05, 0) is 127 Å². The smallest absolute Gasteiger partial charge is 0.256 e. The lowest BCUT2D eigenvalue weighted by Crippen LogP contribution is -2.04. The molecule has 268 valence electrons. The number of carbonyl (C=O) groups is 2. The van der Waals surface area contributed by atoms with Gasteiger partial charge in [0.1, 0.15) is 11.5 Å². The van der Waals surface area contributed by atoms with E-state index in [0.29, 0.717) is 27.1 Å². The van der Waals surface area contributed by atoms with Crippen molar-refractivity contribution >= 4 is 69.7 Å². The van der Waals surface area contributed by atoms with E-state index in [-0.39, 0.29) is 11.8 Å². The van der Waals surface area contributed by atoms with E-state index in [1.54, 1.807) is 20.3 Å². The molecule has 0 spiro atoms. The van der Waals surface area contributed by atoms with E-state index in [1.807, 2.05) is 105 Å². The van der Waals surface area contributed by atoms with Crippen LogP contribution >= 0.6 is 23.2 Å². The van der Waals surface area contributed by atoms with Crippen LogP contribution in [0.4, 0.5) is 11.4 Å². The third-order valence-electron chi connectivity index (χ3n) is 10.3. The monoisotopic (exact) mass is 742 g/mol. The predicted molar refractivity (Wildman–Crippen MR) is 218 cm³/mol. The van der Waals surface area contributed by atoms with Crippen LogP contribution in [0.15, 0.2) is 91.0 Å². The molecule has 2 N–H and O–H groups in total. The highest BCUT2D eigenvalue weighted by Crippen LogP contribution is 2.42. The van der Waals surface area contributed by atoms with Crippen molar-refractivity contribution in [2.24, 2.45) is 0 Å². The Kier molecular flexibility index (Phi) is 10.5. The number of ether oxygens (including phenoxy) is 2. The molecular formula is C45H40Cl2N2O4. The number of hydrogen-bond donors (Lipinski definition) is 2. The second kappa shape index (κ2) is 15.4. The van der Waals surface area contributed by atoms with E-state index in [9.17, 15) is 9.59 Å². The first-order chi connectivity index (χ1) is 25.7. The molecule has 3 aliphatic rings. The van der Waals surface area contributed by atoms with Crippen LogP contribution in [-0.2, 0) is 9.59 Å². The lowest BCUT2D eigenvalue weighted by molar-refractivity contribution is -0.111. The highest BCUT2D eigenvalue weighted by molar-refractivity contribution is 6.38. The zero-order chi connectivity index (χ0) is 37.2. The Labute approximate surface area is 320 Å². The first kappa shape index (κ1) is 36.1. The van der Waals surface area contributed by atoms with Crippen LogP contribution < -0.4 is 20.1 Å². The fourth-order valence-corrected chi connectivity index (χ4v) is 7.86. The van der Waals surface area contributed by atoms with Gasteiger partial charge in [0.15, 0.2) is 0 Å². The summed E-state index contributed by atoms with van der Waals surface area (Å²) in [4.78, 5) is 25.0. The molecule has 5 aromatic carbocycles. The summed E-state index contributed by atoms with van der Waals surface area (Å²) >= 11 is 12.5. The molecule has 8 rings (SSSR count). The van der Waals surface area contributed by atoms with Crippen molar-refractivity contribution < 1.29 is 19.1 Å². The highest BCUT2D eigenvalue weighted by Gasteiger charge is 2.28. The third kappa shape index (κ3) is 7.22. The molecule has 0 aromatic heterocycles. The second-order valence-corrected chi connectivity index (χ2v) is 14.3. The molecule has 8 heteroatoms. The molecule has 0 saturated heterocycles. The van der Waals surface area contributed by atoms with E-state index < -0.39 is 0 Å². The number of anilines is 2. The summed E-state index contributed by atoms with van der Waals surface area (Å²) in [6.07, 6.45) is 8.81. The summed E-state index contributed by atoms with van der Waals surface area (Å²) in [6, 6.07) is 29.5. The van der Waals surface area contributed by atoms with Crippen molar-refractivity contribution in [3.05, 3.63) is 140 Å². The van der Waals surface area contributed by atoms with Crippen LogP contribution in [0.3, 0.4) is 0 Å². The number of carbonyl (C=O) groups excluding carboxylic acids is 2. The Morgan fingerprint density at radius 1 is 0.642 bits per heavy atom. The maximum absolute atomic E-state index is 12.5. The van der Waals surface area contributed by atoms with Crippen LogP contribution in [0.5, 0.6) is 11.5 Å². The molecule has 5 aromatic rings. The number of halogens is 2. The van der Waals surface area contributed by atoms with Crippen LogP contribution in [0.2, 0.25) is 10.0 Å². The normalized spacial score (nSPS) is 16.2. The van der Waals surface area contributed by atoms with Gasteiger partial charge in [-0.1, -0.05) is 78.5 Å². The standard InChI is InChI=1S/C23H18ClNO2.C22H22ClNO2/c1-14-19(24)9-10-20-22(14)18(23(26)25-20)13-15-8-11-21(27-2)17(12-15)16-6-4-3-5-7-16;1-13-18(23)8-9-19-21(13)17(22(25)24-19)12-14-7-10-20(26-2)16(11-14)15-5-3-4-6-15/h3-13H,1-2H3,(H,25,26);7-12,15H,3-6H2,1-2H3,(H,24,25). The SMILES string of the molecule is COc1ccc(C=C2C(=O)Nc3ccc(Cl)c(C)c32)cc1-c1ccccc1.COc1ccc(C=C2C(=O)Nc3ccc(Cl)c(C)c32)cc1C1CCCC1. The molecule has 0 atom stereocenters. The zero-order valence-corrected chi connectivity index (χ0v) is 31.6. The number of amides is 2. The maximum atomic E-state index is 12.5. The molecule has 1 saturated carbocycles. The molecule has 2 heterocycles. The largest absolute Gasteiger partial charge is 0.496 e. The van der Waals surface area contributed by atoms with Crippen molar-refractivity contribution in [1.82, 2.24) is 0 Å². The number of methoxy groups -OCH3 is 2. The van der Waals surface area contributed by atoms with Crippen LogP contribution in [0, 0.1) is 13.8 Å². The Bertz CT molecular complexity index is 2310.